The number of hydrogen-bond acceptors (Lipinski definition) is 7. The number of aromatic nitrogens is 7. The number of carbonyl (C=O) groups excluding carboxylic acids is 1. The lowest BCUT2D eigenvalue weighted by molar-refractivity contribution is 0.0940. The molecule has 0 spiro atoms. The summed E-state index contributed by atoms with van der Waals surface area (Å²) in [5.74, 6) is -0.0453. The van der Waals surface area contributed by atoms with Crippen molar-refractivity contribution < 1.29 is 4.79 Å². The molecule has 11 heteroatoms. The van der Waals surface area contributed by atoms with Gasteiger partial charge < -0.3 is 11.1 Å². The lowest BCUT2D eigenvalue weighted by Crippen LogP contribution is -2.33. The number of para-hydroxylation sites is 1. The number of nitrogen functional groups attached to an aromatic ring is 1. The van der Waals surface area contributed by atoms with Crippen molar-refractivity contribution in [2.45, 2.75) is 19.9 Å². The summed E-state index contributed by atoms with van der Waals surface area (Å²) in [6.07, 6.45) is 8.85. The van der Waals surface area contributed by atoms with E-state index in [1.54, 1.807) is 42.3 Å². The van der Waals surface area contributed by atoms with E-state index in [0.29, 0.717) is 28.1 Å². The van der Waals surface area contributed by atoms with E-state index in [1.165, 1.54) is 9.08 Å². The van der Waals surface area contributed by atoms with E-state index in [2.05, 4.69) is 20.5 Å². The standard InChI is InChI=1S/C30H27N9O2/c1-18(34-29(40)25-26(31)36-38-16-8-15-32-28(25)38)27-35-23-12-7-9-20(13-14-21-17-33-37(3)19(21)2)24(23)30(41)39(27)22-10-5-4-6-11-22/h4-18H,1-3H3,(H2,31,36)(H,34,40)/b14-13+/t18-/m1/s1. The Bertz CT molecular complexity index is 2020. The van der Waals surface area contributed by atoms with Crippen LogP contribution in [0.1, 0.15) is 46.0 Å². The molecular formula is C30H27N9O2. The number of aryl methyl sites for hydroxylation is 1. The Morgan fingerprint density at radius 2 is 1.83 bits per heavy atom. The molecule has 11 nitrogen and oxygen atoms in total. The molecule has 1 atom stereocenters. The smallest absolute Gasteiger partial charge is 0.266 e. The number of carbonyl (C=O) groups is 1. The van der Waals surface area contributed by atoms with Crippen molar-refractivity contribution >= 4 is 40.4 Å². The van der Waals surface area contributed by atoms with Crippen LogP contribution < -0.4 is 16.6 Å². The number of nitrogens with one attached hydrogen (secondary N) is 1. The molecule has 0 aliphatic heterocycles. The molecule has 2 aromatic carbocycles. The Balaban J connectivity index is 1.47. The maximum absolute atomic E-state index is 14.2. The molecule has 0 bridgehead atoms. The summed E-state index contributed by atoms with van der Waals surface area (Å²) >= 11 is 0. The molecule has 0 saturated carbocycles. The van der Waals surface area contributed by atoms with Crippen LogP contribution in [0, 0.1) is 6.92 Å². The van der Waals surface area contributed by atoms with Crippen LogP contribution in [0.15, 0.2) is 78.0 Å². The molecule has 4 aromatic heterocycles. The highest BCUT2D eigenvalue weighted by molar-refractivity contribution is 6.04. The minimum absolute atomic E-state index is 0.0561. The Morgan fingerprint density at radius 1 is 1.05 bits per heavy atom. The van der Waals surface area contributed by atoms with Crippen LogP contribution in [0.25, 0.3) is 34.4 Å². The van der Waals surface area contributed by atoms with Gasteiger partial charge in [0.25, 0.3) is 11.5 Å². The fourth-order valence-electron chi connectivity index (χ4n) is 4.84. The molecule has 1 amide bonds. The minimum atomic E-state index is -0.671. The molecule has 3 N–H and O–H groups in total. The molecule has 0 unspecified atom stereocenters. The van der Waals surface area contributed by atoms with Gasteiger partial charge in [-0.25, -0.2) is 14.5 Å². The van der Waals surface area contributed by atoms with Crippen molar-refractivity contribution in [1.82, 2.24) is 39.2 Å². The van der Waals surface area contributed by atoms with Crippen molar-refractivity contribution in [3.05, 3.63) is 112 Å². The fourth-order valence-corrected chi connectivity index (χ4v) is 4.84. The van der Waals surface area contributed by atoms with Gasteiger partial charge in [0.2, 0.25) is 0 Å². The summed E-state index contributed by atoms with van der Waals surface area (Å²) < 4.78 is 4.79. The van der Waals surface area contributed by atoms with Gasteiger partial charge in [-0.2, -0.15) is 5.10 Å². The van der Waals surface area contributed by atoms with Gasteiger partial charge in [0, 0.05) is 30.7 Å². The Morgan fingerprint density at radius 3 is 2.59 bits per heavy atom. The first kappa shape index (κ1) is 25.7. The molecule has 41 heavy (non-hydrogen) atoms. The second-order valence-electron chi connectivity index (χ2n) is 9.67. The summed E-state index contributed by atoms with van der Waals surface area (Å²) in [5.41, 5.74) is 10.1. The lowest BCUT2D eigenvalue weighted by Gasteiger charge is -2.20. The molecule has 0 aliphatic rings. The van der Waals surface area contributed by atoms with E-state index in [0.717, 1.165) is 16.8 Å². The Labute approximate surface area is 234 Å². The summed E-state index contributed by atoms with van der Waals surface area (Å²) in [4.78, 5) is 36.8. The van der Waals surface area contributed by atoms with Crippen LogP contribution in [0.4, 0.5) is 5.82 Å². The van der Waals surface area contributed by atoms with Crippen LogP contribution in [0.5, 0.6) is 0 Å². The predicted molar refractivity (Wildman–Crippen MR) is 157 cm³/mol. The zero-order valence-electron chi connectivity index (χ0n) is 22.7. The number of rotatable bonds is 6. The van der Waals surface area contributed by atoms with Crippen molar-refractivity contribution in [3.8, 4) is 5.69 Å². The van der Waals surface area contributed by atoms with E-state index >= 15 is 0 Å². The molecule has 6 aromatic rings. The Hall–Kier alpha value is -5.58. The zero-order valence-corrected chi connectivity index (χ0v) is 22.7. The third-order valence-electron chi connectivity index (χ3n) is 7.07. The highest BCUT2D eigenvalue weighted by Gasteiger charge is 2.24. The number of amides is 1. The maximum atomic E-state index is 14.2. The SMILES string of the molecule is Cc1c(/C=C/c2cccc3nc([C@@H](C)NC(=O)c4c(N)nn5cccnc45)n(-c4ccccc4)c(=O)c23)cnn1C. The van der Waals surface area contributed by atoms with Crippen molar-refractivity contribution in [2.24, 2.45) is 7.05 Å². The topological polar surface area (TPSA) is 138 Å². The summed E-state index contributed by atoms with van der Waals surface area (Å²) in [6, 6.07) is 15.8. The van der Waals surface area contributed by atoms with Gasteiger partial charge in [-0.15, -0.1) is 5.10 Å². The normalized spacial score (nSPS) is 12.4. The summed E-state index contributed by atoms with van der Waals surface area (Å²) in [7, 11) is 1.88. The summed E-state index contributed by atoms with van der Waals surface area (Å²) in [5, 5.41) is 11.9. The monoisotopic (exact) mass is 545 g/mol. The lowest BCUT2D eigenvalue weighted by atomic mass is 10.1. The number of nitrogens with two attached hydrogens (primary N) is 1. The Kier molecular flexibility index (Phi) is 6.38. The molecule has 4 heterocycles. The molecule has 204 valence electrons. The van der Waals surface area contributed by atoms with Crippen molar-refractivity contribution in [2.75, 3.05) is 5.73 Å². The van der Waals surface area contributed by atoms with E-state index in [1.807, 2.05) is 68.6 Å². The molecule has 0 radical (unpaired) electrons. The van der Waals surface area contributed by atoms with Crippen LogP contribution in [-0.2, 0) is 7.05 Å². The van der Waals surface area contributed by atoms with Gasteiger partial charge in [0.05, 0.1) is 28.8 Å². The predicted octanol–water partition coefficient (Wildman–Crippen LogP) is 3.71. The quantitative estimate of drug-likeness (QED) is 0.325. The van der Waals surface area contributed by atoms with Gasteiger partial charge in [0.15, 0.2) is 11.5 Å². The average Bonchev–Trinajstić information content (AvgIpc) is 3.49. The number of nitrogens with zero attached hydrogens (tertiary/aromatic N) is 7. The second-order valence-corrected chi connectivity index (χ2v) is 9.67. The third-order valence-corrected chi connectivity index (χ3v) is 7.07. The van der Waals surface area contributed by atoms with Gasteiger partial charge in [0.1, 0.15) is 11.4 Å². The van der Waals surface area contributed by atoms with E-state index in [4.69, 9.17) is 10.7 Å². The van der Waals surface area contributed by atoms with Crippen LogP contribution in [0.3, 0.4) is 0 Å². The first-order chi connectivity index (χ1) is 19.8. The van der Waals surface area contributed by atoms with Gasteiger partial charge in [-0.1, -0.05) is 42.5 Å². The molecule has 6 rings (SSSR count). The third kappa shape index (κ3) is 4.52. The van der Waals surface area contributed by atoms with E-state index in [9.17, 15) is 9.59 Å². The average molecular weight is 546 g/mol. The zero-order chi connectivity index (χ0) is 28.7. The number of benzene rings is 2. The van der Waals surface area contributed by atoms with Crippen LogP contribution >= 0.6 is 0 Å². The molecule has 0 saturated heterocycles. The van der Waals surface area contributed by atoms with Crippen molar-refractivity contribution in [3.63, 3.8) is 0 Å². The van der Waals surface area contributed by atoms with Gasteiger partial charge in [-0.05, 0) is 43.7 Å². The van der Waals surface area contributed by atoms with Crippen LogP contribution in [-0.4, -0.2) is 39.8 Å². The number of hydrogen-bond donors (Lipinski definition) is 2. The first-order valence-corrected chi connectivity index (χ1v) is 13.0. The number of fused-ring (bicyclic) bond motifs is 2. The summed E-state index contributed by atoms with van der Waals surface area (Å²) in [6.45, 7) is 3.76. The van der Waals surface area contributed by atoms with E-state index < -0.39 is 11.9 Å². The van der Waals surface area contributed by atoms with Crippen molar-refractivity contribution in [1.29, 1.82) is 0 Å². The highest BCUT2D eigenvalue weighted by Crippen LogP contribution is 2.23. The maximum Gasteiger partial charge on any atom is 0.266 e. The van der Waals surface area contributed by atoms with Crippen LogP contribution in [0.2, 0.25) is 0 Å². The first-order valence-electron chi connectivity index (χ1n) is 13.0. The fraction of sp³-hybridized carbons (Fsp3) is 0.133. The largest absolute Gasteiger partial charge is 0.381 e. The molecule has 0 fully saturated rings. The highest BCUT2D eigenvalue weighted by atomic mass is 16.2. The minimum Gasteiger partial charge on any atom is -0.381 e. The second kappa shape index (κ2) is 10.2. The molecular weight excluding hydrogens is 518 g/mol. The number of anilines is 1. The van der Waals surface area contributed by atoms with E-state index in [-0.39, 0.29) is 16.9 Å². The van der Waals surface area contributed by atoms with Gasteiger partial charge >= 0.3 is 0 Å². The van der Waals surface area contributed by atoms with Gasteiger partial charge in [-0.3, -0.25) is 18.8 Å². The molecule has 0 aliphatic carbocycles.